The number of benzene rings is 2. The zero-order valence-electron chi connectivity index (χ0n) is 15.8. The molecule has 0 aliphatic carbocycles. The average molecular weight is 527 g/mol. The van der Waals surface area contributed by atoms with Crippen molar-refractivity contribution < 1.29 is 22.7 Å². The molecule has 0 aliphatic heterocycles. The Balaban J connectivity index is 2.00. The summed E-state index contributed by atoms with van der Waals surface area (Å²) in [5.41, 5.74) is 6.79. The number of nitrogens with zero attached hydrogens (tertiary/aromatic N) is 1. The van der Waals surface area contributed by atoms with Gasteiger partial charge in [-0.15, -0.1) is 0 Å². The van der Waals surface area contributed by atoms with E-state index in [1.807, 2.05) is 22.9 Å². The largest absolute Gasteiger partial charge is 0.456 e. The zero-order chi connectivity index (χ0) is 21.9. The minimum absolute atomic E-state index is 0.121. The number of carbonyl (C=O) groups is 1. The summed E-state index contributed by atoms with van der Waals surface area (Å²) in [4.78, 5) is 16.2. The van der Waals surface area contributed by atoms with Gasteiger partial charge in [0.1, 0.15) is 17.3 Å². The van der Waals surface area contributed by atoms with Crippen LogP contribution < -0.4 is 14.0 Å². The van der Waals surface area contributed by atoms with Crippen LogP contribution in [0, 0.1) is 0 Å². The van der Waals surface area contributed by atoms with Gasteiger partial charge in [0.15, 0.2) is 0 Å². The molecule has 30 heavy (non-hydrogen) atoms. The van der Waals surface area contributed by atoms with Crippen LogP contribution in [0.5, 0.6) is 11.5 Å². The molecule has 0 spiro atoms. The Morgan fingerprint density at radius 3 is 2.43 bits per heavy atom. The summed E-state index contributed by atoms with van der Waals surface area (Å²) in [6, 6.07) is 11.7. The molecule has 0 unspecified atom stereocenters. The topological polar surface area (TPSA) is 77.2 Å². The molecule has 156 valence electrons. The molecule has 0 saturated carbocycles. The number of anilines is 1. The van der Waals surface area contributed by atoms with Crippen molar-refractivity contribution in [2.24, 2.45) is 5.73 Å². The molecule has 3 aromatic rings. The van der Waals surface area contributed by atoms with Crippen molar-refractivity contribution in [1.82, 2.24) is 4.98 Å². The maximum Gasteiger partial charge on any atom is 0.416 e. The van der Waals surface area contributed by atoms with Crippen LogP contribution in [0.25, 0.3) is 11.1 Å². The number of halogens is 4. The molecular formula is C21H17F3IN3O2. The van der Waals surface area contributed by atoms with Crippen molar-refractivity contribution in [1.29, 1.82) is 0 Å². The molecular weight excluding hydrogens is 510 g/mol. The summed E-state index contributed by atoms with van der Waals surface area (Å²) < 4.78 is 47.7. The number of nitrogens with one attached hydrogen (secondary N) is 1. The first kappa shape index (κ1) is 21.9. The number of pyridine rings is 1. The molecule has 0 atom stereocenters. The van der Waals surface area contributed by atoms with E-state index >= 15 is 0 Å². The first-order chi connectivity index (χ1) is 14.2. The third-order valence-corrected chi connectivity index (χ3v) is 4.98. The number of alkyl halides is 3. The number of aromatic nitrogens is 1. The van der Waals surface area contributed by atoms with Crippen LogP contribution in [0.3, 0.4) is 0 Å². The van der Waals surface area contributed by atoms with Crippen molar-refractivity contribution in [2.75, 3.05) is 3.53 Å². The molecule has 2 aromatic carbocycles. The van der Waals surface area contributed by atoms with Crippen molar-refractivity contribution in [3.8, 4) is 22.6 Å². The van der Waals surface area contributed by atoms with Gasteiger partial charge in [0.2, 0.25) is 0 Å². The Hall–Kier alpha value is -2.82. The highest BCUT2D eigenvalue weighted by Gasteiger charge is 2.31. The van der Waals surface area contributed by atoms with Gasteiger partial charge in [0.05, 0.1) is 34.0 Å². The molecule has 0 aliphatic rings. The van der Waals surface area contributed by atoms with Crippen LogP contribution in [0.1, 0.15) is 28.4 Å². The second kappa shape index (κ2) is 8.90. The lowest BCUT2D eigenvalue weighted by Crippen LogP contribution is -2.12. The molecule has 3 rings (SSSR count). The lowest BCUT2D eigenvalue weighted by atomic mass is 10.0. The van der Waals surface area contributed by atoms with Gasteiger partial charge in [0.25, 0.3) is 5.91 Å². The Kier molecular flexibility index (Phi) is 6.49. The normalized spacial score (nSPS) is 11.2. The van der Waals surface area contributed by atoms with E-state index in [0.29, 0.717) is 17.8 Å². The highest BCUT2D eigenvalue weighted by Crippen LogP contribution is 2.36. The third kappa shape index (κ3) is 4.84. The number of primary amides is 1. The molecule has 0 bridgehead atoms. The maximum absolute atomic E-state index is 13.0. The standard InChI is InChI=1S/C21H17F3IN3O2/c1-2-12-9-15(21(22,23)24)4-6-17(12)30-18-5-3-13(10-16(18)20(26)29)14-7-8-27-19(11-14)28-25/h3-11H,2H2,1H3,(H2,26,29)(H,27,28). The monoisotopic (exact) mass is 527 g/mol. The molecule has 1 heterocycles. The van der Waals surface area contributed by atoms with E-state index in [4.69, 9.17) is 10.5 Å². The van der Waals surface area contributed by atoms with Crippen molar-refractivity contribution in [2.45, 2.75) is 19.5 Å². The number of aryl methyl sites for hydroxylation is 1. The number of hydrogen-bond acceptors (Lipinski definition) is 4. The Morgan fingerprint density at radius 2 is 1.80 bits per heavy atom. The molecule has 1 amide bonds. The van der Waals surface area contributed by atoms with Gasteiger partial charge >= 0.3 is 6.18 Å². The van der Waals surface area contributed by atoms with Crippen LogP contribution in [0.15, 0.2) is 54.7 Å². The molecule has 1 aromatic heterocycles. The maximum atomic E-state index is 13.0. The van der Waals surface area contributed by atoms with Gasteiger partial charge in [0, 0.05) is 6.20 Å². The first-order valence-corrected chi connectivity index (χ1v) is 9.95. The molecule has 5 nitrogen and oxygen atoms in total. The lowest BCUT2D eigenvalue weighted by molar-refractivity contribution is -0.137. The van der Waals surface area contributed by atoms with E-state index in [2.05, 4.69) is 8.51 Å². The number of amides is 1. The van der Waals surface area contributed by atoms with Gasteiger partial charge in [-0.3, -0.25) is 4.79 Å². The quantitative estimate of drug-likeness (QED) is 0.306. The minimum Gasteiger partial charge on any atom is -0.456 e. The summed E-state index contributed by atoms with van der Waals surface area (Å²) in [6.45, 7) is 1.72. The van der Waals surface area contributed by atoms with Gasteiger partial charge < -0.3 is 14.0 Å². The van der Waals surface area contributed by atoms with Crippen LogP contribution in [-0.2, 0) is 12.6 Å². The van der Waals surface area contributed by atoms with Crippen molar-refractivity contribution in [3.05, 3.63) is 71.4 Å². The predicted octanol–water partition coefficient (Wildman–Crippen LogP) is 5.98. The third-order valence-electron chi connectivity index (χ3n) is 4.42. The van der Waals surface area contributed by atoms with E-state index in [0.717, 1.165) is 23.3 Å². The van der Waals surface area contributed by atoms with Crippen LogP contribution >= 0.6 is 22.9 Å². The van der Waals surface area contributed by atoms with E-state index < -0.39 is 17.6 Å². The fourth-order valence-corrected chi connectivity index (χ4v) is 3.20. The number of carbonyl (C=O) groups excluding carboxylic acids is 1. The Labute approximate surface area is 185 Å². The summed E-state index contributed by atoms with van der Waals surface area (Å²) in [5.74, 6) is 0.340. The predicted molar refractivity (Wildman–Crippen MR) is 117 cm³/mol. The van der Waals surface area contributed by atoms with E-state index in [1.165, 1.54) is 6.07 Å². The second-order valence-electron chi connectivity index (χ2n) is 6.38. The molecule has 0 radical (unpaired) electrons. The van der Waals surface area contributed by atoms with Crippen molar-refractivity contribution in [3.63, 3.8) is 0 Å². The van der Waals surface area contributed by atoms with E-state index in [1.54, 1.807) is 43.5 Å². The molecule has 0 saturated heterocycles. The first-order valence-electron chi connectivity index (χ1n) is 8.87. The van der Waals surface area contributed by atoms with Crippen LogP contribution in [-0.4, -0.2) is 10.9 Å². The molecule has 3 N–H and O–H groups in total. The summed E-state index contributed by atoms with van der Waals surface area (Å²) in [5, 5.41) is 0. The van der Waals surface area contributed by atoms with Gasteiger partial charge in [-0.2, -0.15) is 13.2 Å². The summed E-state index contributed by atoms with van der Waals surface area (Å²) >= 11 is 1.96. The fourth-order valence-electron chi connectivity index (χ4n) is 2.90. The number of hydrogen-bond donors (Lipinski definition) is 2. The highest BCUT2D eigenvalue weighted by molar-refractivity contribution is 14.1. The fraction of sp³-hybridized carbons (Fsp3) is 0.143. The summed E-state index contributed by atoms with van der Waals surface area (Å²) in [6.07, 6.45) is -2.49. The van der Waals surface area contributed by atoms with E-state index in [9.17, 15) is 18.0 Å². The molecule has 9 heteroatoms. The van der Waals surface area contributed by atoms with E-state index in [-0.39, 0.29) is 17.1 Å². The zero-order valence-corrected chi connectivity index (χ0v) is 17.9. The van der Waals surface area contributed by atoms with Crippen LogP contribution in [0.4, 0.5) is 19.0 Å². The van der Waals surface area contributed by atoms with Gasteiger partial charge in [-0.1, -0.05) is 13.0 Å². The summed E-state index contributed by atoms with van der Waals surface area (Å²) in [7, 11) is 0. The molecule has 0 fully saturated rings. The number of nitrogens with two attached hydrogens (primary N) is 1. The highest BCUT2D eigenvalue weighted by atomic mass is 127. The minimum atomic E-state index is -4.45. The Morgan fingerprint density at radius 1 is 1.10 bits per heavy atom. The van der Waals surface area contributed by atoms with Crippen molar-refractivity contribution >= 4 is 34.6 Å². The van der Waals surface area contributed by atoms with Crippen LogP contribution in [0.2, 0.25) is 0 Å². The number of ether oxygens (including phenoxy) is 1. The second-order valence-corrected chi connectivity index (χ2v) is 6.91. The SMILES string of the molecule is CCc1cc(C(F)(F)F)ccc1Oc1ccc(-c2ccnc(NI)c2)cc1C(N)=O. The lowest BCUT2D eigenvalue weighted by Gasteiger charge is -2.15. The van der Waals surface area contributed by atoms with Gasteiger partial charge in [-0.05, 0) is 65.6 Å². The Bertz CT molecular complexity index is 1090. The average Bonchev–Trinajstić information content (AvgIpc) is 2.73. The number of rotatable bonds is 6. The van der Waals surface area contributed by atoms with Gasteiger partial charge in [-0.25, -0.2) is 4.98 Å². The smallest absolute Gasteiger partial charge is 0.416 e.